The van der Waals surface area contributed by atoms with Crippen LogP contribution in [0.15, 0.2) is 53.7 Å². The average molecular weight is 587 g/mol. The van der Waals surface area contributed by atoms with Crippen LogP contribution in [0, 0.1) is 5.41 Å². The summed E-state index contributed by atoms with van der Waals surface area (Å²) in [6.07, 6.45) is 7.52. The van der Waals surface area contributed by atoms with Crippen molar-refractivity contribution in [2.75, 3.05) is 37.8 Å². The second-order valence-electron chi connectivity index (χ2n) is 13.2. The Kier molecular flexibility index (Phi) is 7.03. The standard InChI is InChI=1S/C33H38N4O6/c1-32(2,3)43-31(39)37-24(17-42-29-6-4-5-11-41-29)13-23-8-7-22(12-27(23)37)16-35-10-9-25-26(30(35)38)14-34-15-28(25)36-18-33(19-36)20-40-21-33/h7-10,12-15,29H,4-6,11,16-21H2,1-3H3. The number of ether oxygens (including phenoxy) is 4. The Morgan fingerprint density at radius 1 is 1.09 bits per heavy atom. The number of aromatic nitrogens is 3. The van der Waals surface area contributed by atoms with Crippen LogP contribution in [0.25, 0.3) is 21.7 Å². The largest absolute Gasteiger partial charge is 0.443 e. The number of hydrogen-bond acceptors (Lipinski definition) is 8. The zero-order valence-corrected chi connectivity index (χ0v) is 25.0. The van der Waals surface area contributed by atoms with Crippen LogP contribution in [0.1, 0.15) is 51.3 Å². The van der Waals surface area contributed by atoms with Gasteiger partial charge in [0.15, 0.2) is 6.29 Å². The first-order valence-electron chi connectivity index (χ1n) is 15.1. The molecule has 3 fully saturated rings. The molecule has 1 unspecified atom stereocenters. The molecule has 1 atom stereocenters. The van der Waals surface area contributed by atoms with Gasteiger partial charge in [-0.2, -0.15) is 0 Å². The Morgan fingerprint density at radius 3 is 2.65 bits per heavy atom. The molecule has 3 aliphatic heterocycles. The molecule has 0 aliphatic carbocycles. The van der Waals surface area contributed by atoms with Gasteiger partial charge in [-0.3, -0.25) is 9.78 Å². The van der Waals surface area contributed by atoms with Crippen LogP contribution in [-0.4, -0.2) is 65.0 Å². The van der Waals surface area contributed by atoms with E-state index in [2.05, 4.69) is 9.88 Å². The van der Waals surface area contributed by atoms with E-state index in [0.717, 1.165) is 67.6 Å². The van der Waals surface area contributed by atoms with Gasteiger partial charge in [0.05, 0.1) is 60.3 Å². The van der Waals surface area contributed by atoms with Gasteiger partial charge in [0.2, 0.25) is 0 Å². The monoisotopic (exact) mass is 586 g/mol. The van der Waals surface area contributed by atoms with Gasteiger partial charge in [0, 0.05) is 42.9 Å². The van der Waals surface area contributed by atoms with Crippen LogP contribution >= 0.6 is 0 Å². The van der Waals surface area contributed by atoms with E-state index in [1.807, 2.05) is 63.5 Å². The highest BCUT2D eigenvalue weighted by atomic mass is 16.7. The first kappa shape index (κ1) is 28.1. The molecule has 6 heterocycles. The van der Waals surface area contributed by atoms with Gasteiger partial charge in [0.25, 0.3) is 5.56 Å². The van der Waals surface area contributed by atoms with Gasteiger partial charge in [-0.05, 0) is 63.8 Å². The Morgan fingerprint density at radius 2 is 1.93 bits per heavy atom. The molecule has 7 rings (SSSR count). The van der Waals surface area contributed by atoms with Crippen molar-refractivity contribution in [3.8, 4) is 0 Å². The zero-order chi connectivity index (χ0) is 29.8. The fourth-order valence-electron chi connectivity index (χ4n) is 6.32. The molecule has 3 aliphatic rings. The molecule has 10 nitrogen and oxygen atoms in total. The lowest BCUT2D eigenvalue weighted by molar-refractivity contribution is -0.169. The summed E-state index contributed by atoms with van der Waals surface area (Å²) in [4.78, 5) is 33.7. The van der Waals surface area contributed by atoms with Crippen molar-refractivity contribution >= 4 is 33.5 Å². The average Bonchev–Trinajstić information content (AvgIpc) is 3.30. The van der Waals surface area contributed by atoms with Gasteiger partial charge in [-0.25, -0.2) is 9.36 Å². The van der Waals surface area contributed by atoms with Crippen molar-refractivity contribution in [2.45, 2.75) is 65.1 Å². The summed E-state index contributed by atoms with van der Waals surface area (Å²) >= 11 is 0. The van der Waals surface area contributed by atoms with Crippen molar-refractivity contribution in [1.29, 1.82) is 0 Å². The second kappa shape index (κ2) is 10.8. The first-order chi connectivity index (χ1) is 20.7. The van der Waals surface area contributed by atoms with Crippen LogP contribution in [-0.2, 0) is 32.1 Å². The number of carbonyl (C=O) groups excluding carboxylic acids is 1. The molecule has 4 aromatic rings. The van der Waals surface area contributed by atoms with Crippen LogP contribution < -0.4 is 10.5 Å². The SMILES string of the molecule is CC(C)(C)OC(=O)n1c(COC2CCCCO2)cc2ccc(Cn3ccc4c(N5CC6(COC6)C5)cncc4c3=O)cc21. The summed E-state index contributed by atoms with van der Waals surface area (Å²) in [6.45, 7) is 10.3. The number of rotatable bonds is 6. The van der Waals surface area contributed by atoms with Crippen LogP contribution in [0.5, 0.6) is 0 Å². The fraction of sp³-hybridized carbons (Fsp3) is 0.485. The minimum Gasteiger partial charge on any atom is -0.443 e. The summed E-state index contributed by atoms with van der Waals surface area (Å²) in [5.41, 5.74) is 2.78. The normalized spacial score (nSPS) is 19.9. The van der Waals surface area contributed by atoms with Crippen LogP contribution in [0.3, 0.4) is 0 Å². The lowest BCUT2D eigenvalue weighted by Crippen LogP contribution is -2.66. The number of nitrogens with zero attached hydrogens (tertiary/aromatic N) is 4. The Bertz CT molecular complexity index is 1730. The van der Waals surface area contributed by atoms with E-state index in [9.17, 15) is 9.59 Å². The summed E-state index contributed by atoms with van der Waals surface area (Å²) in [6, 6.07) is 9.87. The molecule has 3 aromatic heterocycles. The third-order valence-corrected chi connectivity index (χ3v) is 8.52. The van der Waals surface area contributed by atoms with Crippen molar-refractivity contribution in [3.63, 3.8) is 0 Å². The van der Waals surface area contributed by atoms with E-state index in [1.165, 1.54) is 0 Å². The van der Waals surface area contributed by atoms with E-state index in [4.69, 9.17) is 18.9 Å². The van der Waals surface area contributed by atoms with E-state index in [-0.39, 0.29) is 23.9 Å². The number of fused-ring (bicyclic) bond motifs is 2. The summed E-state index contributed by atoms with van der Waals surface area (Å²) in [7, 11) is 0. The molecule has 3 saturated heterocycles. The quantitative estimate of drug-likeness (QED) is 0.309. The molecule has 43 heavy (non-hydrogen) atoms. The maximum atomic E-state index is 13.6. The topological polar surface area (TPSA) is 97.1 Å². The molecular formula is C33H38N4O6. The van der Waals surface area contributed by atoms with Crippen LogP contribution in [0.2, 0.25) is 0 Å². The number of benzene rings is 1. The predicted octanol–water partition coefficient (Wildman–Crippen LogP) is 5.06. The Balaban J connectivity index is 1.18. The first-order valence-corrected chi connectivity index (χ1v) is 15.1. The molecule has 1 aromatic carbocycles. The Hall–Kier alpha value is -3.73. The smallest absolute Gasteiger partial charge is 0.419 e. The van der Waals surface area contributed by atoms with Crippen molar-refractivity contribution in [2.24, 2.45) is 5.41 Å². The van der Waals surface area contributed by atoms with E-state index in [1.54, 1.807) is 15.3 Å². The number of hydrogen-bond donors (Lipinski definition) is 0. The number of carbonyl (C=O) groups is 1. The minimum atomic E-state index is -0.663. The van der Waals surface area contributed by atoms with Gasteiger partial charge in [-0.1, -0.05) is 12.1 Å². The fourth-order valence-corrected chi connectivity index (χ4v) is 6.32. The summed E-state index contributed by atoms with van der Waals surface area (Å²) in [5, 5.41) is 2.39. The summed E-state index contributed by atoms with van der Waals surface area (Å²) < 4.78 is 26.3. The molecule has 1 spiro atoms. The zero-order valence-electron chi connectivity index (χ0n) is 25.0. The molecule has 10 heteroatoms. The predicted molar refractivity (Wildman–Crippen MR) is 163 cm³/mol. The third kappa shape index (κ3) is 5.43. The van der Waals surface area contributed by atoms with Crippen molar-refractivity contribution in [1.82, 2.24) is 14.1 Å². The van der Waals surface area contributed by atoms with Gasteiger partial charge in [-0.15, -0.1) is 0 Å². The second-order valence-corrected chi connectivity index (χ2v) is 13.2. The maximum absolute atomic E-state index is 13.6. The molecule has 0 bridgehead atoms. The third-order valence-electron chi connectivity index (χ3n) is 8.52. The molecular weight excluding hydrogens is 548 g/mol. The van der Waals surface area contributed by atoms with Crippen molar-refractivity contribution in [3.05, 3.63) is 70.5 Å². The number of pyridine rings is 2. The highest BCUT2D eigenvalue weighted by Crippen LogP contribution is 2.41. The molecule has 0 radical (unpaired) electrons. The molecule has 0 amide bonds. The van der Waals surface area contributed by atoms with Crippen molar-refractivity contribution < 1.29 is 23.7 Å². The highest BCUT2D eigenvalue weighted by molar-refractivity contribution is 5.93. The van der Waals surface area contributed by atoms with Crippen LogP contribution in [0.4, 0.5) is 10.5 Å². The number of anilines is 1. The van der Waals surface area contributed by atoms with E-state index >= 15 is 0 Å². The lowest BCUT2D eigenvalue weighted by atomic mass is 9.77. The minimum absolute atomic E-state index is 0.0988. The van der Waals surface area contributed by atoms with Gasteiger partial charge in [0.1, 0.15) is 5.60 Å². The van der Waals surface area contributed by atoms with Gasteiger partial charge >= 0.3 is 6.09 Å². The van der Waals surface area contributed by atoms with Gasteiger partial charge < -0.3 is 28.4 Å². The maximum Gasteiger partial charge on any atom is 0.419 e. The molecule has 226 valence electrons. The van der Waals surface area contributed by atoms with E-state index in [0.29, 0.717) is 29.7 Å². The highest BCUT2D eigenvalue weighted by Gasteiger charge is 2.49. The van der Waals surface area contributed by atoms with E-state index < -0.39 is 11.7 Å². The lowest BCUT2D eigenvalue weighted by Gasteiger charge is -2.56. The Labute approximate surface area is 250 Å². The summed E-state index contributed by atoms with van der Waals surface area (Å²) in [5.74, 6) is 0. The molecule has 0 N–H and O–H groups in total. The molecule has 0 saturated carbocycles.